The van der Waals surface area contributed by atoms with Crippen molar-refractivity contribution in [3.8, 4) is 10.4 Å². The molecule has 0 saturated heterocycles. The van der Waals surface area contributed by atoms with E-state index in [0.29, 0.717) is 13.1 Å². The van der Waals surface area contributed by atoms with Gasteiger partial charge in [0, 0.05) is 11.4 Å². The summed E-state index contributed by atoms with van der Waals surface area (Å²) in [5, 5.41) is 2.86. The highest BCUT2D eigenvalue weighted by atomic mass is 35.5. The van der Waals surface area contributed by atoms with E-state index in [9.17, 15) is 4.79 Å². The first kappa shape index (κ1) is 15.7. The summed E-state index contributed by atoms with van der Waals surface area (Å²) >= 11 is 1.51. The molecule has 1 amide bonds. The number of benzene rings is 1. The standard InChI is InChI=1S/C14H16N2OS.ClH/c15-9-4-10-16-14(17)13-8-7-12(18-13)11-5-2-1-3-6-11;/h1-3,5-8H,4,9-10,15H2,(H,16,17);1H. The van der Waals surface area contributed by atoms with E-state index < -0.39 is 0 Å². The minimum absolute atomic E-state index is 0. The van der Waals surface area contributed by atoms with Crippen LogP contribution < -0.4 is 11.1 Å². The first-order chi connectivity index (χ1) is 8.81. The summed E-state index contributed by atoms with van der Waals surface area (Å²) in [4.78, 5) is 13.7. The quantitative estimate of drug-likeness (QED) is 0.834. The Morgan fingerprint density at radius 1 is 1.16 bits per heavy atom. The molecule has 1 heterocycles. The highest BCUT2D eigenvalue weighted by Gasteiger charge is 2.09. The number of halogens is 1. The molecule has 1 aromatic carbocycles. The Bertz CT molecular complexity index is 513. The van der Waals surface area contributed by atoms with Crippen molar-refractivity contribution in [3.05, 3.63) is 47.3 Å². The van der Waals surface area contributed by atoms with Crippen molar-refractivity contribution < 1.29 is 4.79 Å². The molecule has 0 bridgehead atoms. The van der Waals surface area contributed by atoms with Crippen LogP contribution in [0.1, 0.15) is 16.1 Å². The highest BCUT2D eigenvalue weighted by molar-refractivity contribution is 7.17. The van der Waals surface area contributed by atoms with E-state index in [-0.39, 0.29) is 18.3 Å². The summed E-state index contributed by atoms with van der Waals surface area (Å²) in [7, 11) is 0. The molecule has 3 nitrogen and oxygen atoms in total. The molecular formula is C14H17ClN2OS. The molecule has 2 aromatic rings. The average Bonchev–Trinajstić information content (AvgIpc) is 2.89. The van der Waals surface area contributed by atoms with Crippen LogP contribution in [0.2, 0.25) is 0 Å². The molecule has 3 N–H and O–H groups in total. The Hall–Kier alpha value is -1.36. The number of rotatable bonds is 5. The van der Waals surface area contributed by atoms with Gasteiger partial charge >= 0.3 is 0 Å². The van der Waals surface area contributed by atoms with Gasteiger partial charge in [0.15, 0.2) is 0 Å². The van der Waals surface area contributed by atoms with Crippen LogP contribution in [0, 0.1) is 0 Å². The molecule has 5 heteroatoms. The van der Waals surface area contributed by atoms with Crippen LogP contribution in [0.3, 0.4) is 0 Å². The van der Waals surface area contributed by atoms with Crippen molar-refractivity contribution in [1.82, 2.24) is 5.32 Å². The van der Waals surface area contributed by atoms with E-state index in [4.69, 9.17) is 5.73 Å². The largest absolute Gasteiger partial charge is 0.351 e. The Morgan fingerprint density at radius 2 is 1.89 bits per heavy atom. The zero-order chi connectivity index (χ0) is 12.8. The molecule has 0 saturated carbocycles. The minimum atomic E-state index is -0.0179. The van der Waals surface area contributed by atoms with Gasteiger partial charge in [-0.15, -0.1) is 23.7 Å². The van der Waals surface area contributed by atoms with E-state index in [1.54, 1.807) is 0 Å². The Balaban J connectivity index is 0.00000180. The third-order valence-corrected chi connectivity index (χ3v) is 3.69. The smallest absolute Gasteiger partial charge is 0.261 e. The molecule has 102 valence electrons. The third kappa shape index (κ3) is 4.35. The van der Waals surface area contributed by atoms with Crippen molar-refractivity contribution in [1.29, 1.82) is 0 Å². The van der Waals surface area contributed by atoms with Crippen LogP contribution in [-0.4, -0.2) is 19.0 Å². The maximum Gasteiger partial charge on any atom is 0.261 e. The Kier molecular flexibility index (Phi) is 6.56. The van der Waals surface area contributed by atoms with Crippen molar-refractivity contribution in [2.45, 2.75) is 6.42 Å². The second-order valence-corrected chi connectivity index (χ2v) is 5.01. The molecule has 0 aliphatic rings. The monoisotopic (exact) mass is 296 g/mol. The third-order valence-electron chi connectivity index (χ3n) is 2.55. The minimum Gasteiger partial charge on any atom is -0.351 e. The van der Waals surface area contributed by atoms with Crippen molar-refractivity contribution in [2.24, 2.45) is 5.73 Å². The zero-order valence-electron chi connectivity index (χ0n) is 10.5. The zero-order valence-corrected chi connectivity index (χ0v) is 12.1. The lowest BCUT2D eigenvalue weighted by molar-refractivity contribution is 0.0957. The number of nitrogens with one attached hydrogen (secondary N) is 1. The van der Waals surface area contributed by atoms with Crippen LogP contribution >= 0.6 is 23.7 Å². The summed E-state index contributed by atoms with van der Waals surface area (Å²) in [6.45, 7) is 1.23. The Morgan fingerprint density at radius 3 is 2.58 bits per heavy atom. The van der Waals surface area contributed by atoms with Crippen LogP contribution in [-0.2, 0) is 0 Å². The summed E-state index contributed by atoms with van der Waals surface area (Å²) in [5.41, 5.74) is 6.53. The predicted octanol–water partition coefficient (Wildman–Crippen LogP) is 2.92. The number of hydrogen-bond donors (Lipinski definition) is 2. The lowest BCUT2D eigenvalue weighted by Crippen LogP contribution is -2.25. The van der Waals surface area contributed by atoms with Crippen molar-refractivity contribution in [2.75, 3.05) is 13.1 Å². The second kappa shape index (κ2) is 7.94. The van der Waals surface area contributed by atoms with Gasteiger partial charge < -0.3 is 11.1 Å². The van der Waals surface area contributed by atoms with Gasteiger partial charge in [0.05, 0.1) is 4.88 Å². The average molecular weight is 297 g/mol. The maximum atomic E-state index is 11.8. The fourth-order valence-electron chi connectivity index (χ4n) is 1.61. The number of carbonyl (C=O) groups is 1. The fourth-order valence-corrected chi connectivity index (χ4v) is 2.54. The summed E-state index contributed by atoms with van der Waals surface area (Å²) in [6.07, 6.45) is 0.808. The van der Waals surface area contributed by atoms with Crippen LogP contribution in [0.4, 0.5) is 0 Å². The van der Waals surface area contributed by atoms with Crippen molar-refractivity contribution >= 4 is 29.7 Å². The van der Waals surface area contributed by atoms with Crippen LogP contribution in [0.5, 0.6) is 0 Å². The molecule has 1 aromatic heterocycles. The van der Waals surface area contributed by atoms with Gasteiger partial charge in [0.2, 0.25) is 0 Å². The SMILES string of the molecule is Cl.NCCCNC(=O)c1ccc(-c2ccccc2)s1. The number of nitrogens with two attached hydrogens (primary N) is 1. The van der Waals surface area contributed by atoms with Gasteiger partial charge in [-0.1, -0.05) is 30.3 Å². The molecule has 0 radical (unpaired) electrons. The summed E-state index contributed by atoms with van der Waals surface area (Å²) in [5.74, 6) is -0.0179. The van der Waals surface area contributed by atoms with E-state index in [2.05, 4.69) is 5.32 Å². The molecular weight excluding hydrogens is 280 g/mol. The summed E-state index contributed by atoms with van der Waals surface area (Å²) in [6, 6.07) is 13.9. The van der Waals surface area contributed by atoms with Gasteiger partial charge in [0.1, 0.15) is 0 Å². The molecule has 2 rings (SSSR count). The highest BCUT2D eigenvalue weighted by Crippen LogP contribution is 2.27. The number of amides is 1. The van der Waals surface area contributed by atoms with Crippen molar-refractivity contribution in [3.63, 3.8) is 0 Å². The van der Waals surface area contributed by atoms with Gasteiger partial charge in [-0.25, -0.2) is 0 Å². The van der Waals surface area contributed by atoms with Gasteiger partial charge in [0.25, 0.3) is 5.91 Å². The normalized spacial score (nSPS) is 9.74. The topological polar surface area (TPSA) is 55.1 Å². The fraction of sp³-hybridized carbons (Fsp3) is 0.214. The molecule has 0 spiro atoms. The molecule has 0 fully saturated rings. The number of thiophene rings is 1. The second-order valence-electron chi connectivity index (χ2n) is 3.93. The number of hydrogen-bond acceptors (Lipinski definition) is 3. The molecule has 19 heavy (non-hydrogen) atoms. The van der Waals surface area contributed by atoms with E-state index >= 15 is 0 Å². The Labute approximate surface area is 123 Å². The van der Waals surface area contributed by atoms with Gasteiger partial charge in [-0.3, -0.25) is 4.79 Å². The predicted molar refractivity (Wildman–Crippen MR) is 83.0 cm³/mol. The first-order valence-corrected chi connectivity index (χ1v) is 6.76. The first-order valence-electron chi connectivity index (χ1n) is 5.95. The van der Waals surface area contributed by atoms with Gasteiger partial charge in [-0.05, 0) is 30.7 Å². The molecule has 0 unspecified atom stereocenters. The van der Waals surface area contributed by atoms with Crippen LogP contribution in [0.25, 0.3) is 10.4 Å². The van der Waals surface area contributed by atoms with E-state index in [0.717, 1.165) is 21.7 Å². The van der Waals surface area contributed by atoms with E-state index in [1.165, 1.54) is 11.3 Å². The maximum absolute atomic E-state index is 11.8. The summed E-state index contributed by atoms with van der Waals surface area (Å²) < 4.78 is 0. The van der Waals surface area contributed by atoms with E-state index in [1.807, 2.05) is 42.5 Å². The lowest BCUT2D eigenvalue weighted by Gasteiger charge is -2.01. The number of carbonyl (C=O) groups excluding carboxylic acids is 1. The van der Waals surface area contributed by atoms with Crippen LogP contribution in [0.15, 0.2) is 42.5 Å². The lowest BCUT2D eigenvalue weighted by atomic mass is 10.2. The molecule has 0 atom stereocenters. The van der Waals surface area contributed by atoms with Gasteiger partial charge in [-0.2, -0.15) is 0 Å². The molecule has 0 aliphatic carbocycles. The molecule has 0 aliphatic heterocycles.